The number of hydrogen-bond donors (Lipinski definition) is 2. The quantitative estimate of drug-likeness (QED) is 0.520. The molecule has 2 N–H and O–H groups in total. The zero-order chi connectivity index (χ0) is 19.6. The lowest BCUT2D eigenvalue weighted by molar-refractivity contribution is 0.331. The molecule has 0 saturated carbocycles. The van der Waals surface area contributed by atoms with Crippen molar-refractivity contribution in [1.82, 2.24) is 9.97 Å². The average molecular weight is 382 g/mol. The van der Waals surface area contributed by atoms with Crippen LogP contribution in [0.3, 0.4) is 0 Å². The average Bonchev–Trinajstić information content (AvgIpc) is 2.73. The largest absolute Gasteiger partial charge is 0.497 e. The first-order chi connectivity index (χ1) is 13.7. The van der Waals surface area contributed by atoms with Gasteiger partial charge in [-0.15, -0.1) is 0 Å². The highest BCUT2D eigenvalue weighted by molar-refractivity contribution is 5.39. The van der Waals surface area contributed by atoms with E-state index in [0.29, 0.717) is 43.4 Å². The molecule has 0 radical (unpaired) electrons. The number of hydrogen-bond acceptors (Lipinski definition) is 6. The lowest BCUT2D eigenvalue weighted by Gasteiger charge is -2.10. The van der Waals surface area contributed by atoms with E-state index in [1.807, 2.05) is 30.3 Å². The van der Waals surface area contributed by atoms with E-state index in [1.165, 1.54) is 6.07 Å². The molecule has 146 valence electrons. The lowest BCUT2D eigenvalue weighted by atomic mass is 10.1. The summed E-state index contributed by atoms with van der Waals surface area (Å²) in [7, 11) is 1.63. The van der Waals surface area contributed by atoms with Crippen LogP contribution in [0.4, 0.5) is 16.2 Å². The summed E-state index contributed by atoms with van der Waals surface area (Å²) in [6, 6.07) is 16.0. The Hall–Kier alpha value is -3.35. The van der Waals surface area contributed by atoms with Crippen molar-refractivity contribution in [3.63, 3.8) is 0 Å². The summed E-state index contributed by atoms with van der Waals surface area (Å²) in [6.07, 6.45) is 2.25. The maximum absolute atomic E-state index is 13.6. The molecule has 0 spiro atoms. The van der Waals surface area contributed by atoms with E-state index < -0.39 is 0 Å². The van der Waals surface area contributed by atoms with Crippen LogP contribution in [-0.4, -0.2) is 36.8 Å². The molecule has 0 fully saturated rings. The molecule has 2 aromatic carbocycles. The van der Waals surface area contributed by atoms with Crippen LogP contribution < -0.4 is 20.1 Å². The van der Waals surface area contributed by atoms with Crippen LogP contribution in [0.25, 0.3) is 0 Å². The second-order valence-electron chi connectivity index (χ2n) is 5.98. The summed E-state index contributed by atoms with van der Waals surface area (Å²) in [4.78, 5) is 8.59. The molecule has 0 atom stereocenters. The number of rotatable bonds is 10. The number of nitrogens with zero attached hydrogens (tertiary/aromatic N) is 2. The Balaban J connectivity index is 1.41. The van der Waals surface area contributed by atoms with Crippen molar-refractivity contribution < 1.29 is 13.9 Å². The molecule has 0 amide bonds. The second-order valence-corrected chi connectivity index (χ2v) is 5.98. The van der Waals surface area contributed by atoms with Gasteiger partial charge in [-0.05, 0) is 48.4 Å². The predicted octanol–water partition coefficient (Wildman–Crippen LogP) is 3.77. The van der Waals surface area contributed by atoms with Gasteiger partial charge in [-0.3, -0.25) is 0 Å². The fourth-order valence-electron chi connectivity index (χ4n) is 2.57. The SMILES string of the molecule is COc1ccc(OCCNc2nccc(NCCc3ccccc3F)n2)cc1. The molecule has 0 aliphatic carbocycles. The maximum atomic E-state index is 13.6. The predicted molar refractivity (Wildman–Crippen MR) is 108 cm³/mol. The molecule has 0 aliphatic rings. The number of benzene rings is 2. The molecule has 0 aliphatic heterocycles. The Bertz CT molecular complexity index is 874. The minimum atomic E-state index is -0.189. The highest BCUT2D eigenvalue weighted by Crippen LogP contribution is 2.16. The monoisotopic (exact) mass is 382 g/mol. The molecule has 0 unspecified atom stereocenters. The van der Waals surface area contributed by atoms with Gasteiger partial charge in [0.05, 0.1) is 13.7 Å². The molecule has 6 nitrogen and oxygen atoms in total. The maximum Gasteiger partial charge on any atom is 0.224 e. The molecular weight excluding hydrogens is 359 g/mol. The molecule has 3 aromatic rings. The Kier molecular flexibility index (Phi) is 7.01. The summed E-state index contributed by atoms with van der Waals surface area (Å²) in [5.41, 5.74) is 0.679. The summed E-state index contributed by atoms with van der Waals surface area (Å²) in [5.74, 6) is 2.57. The molecule has 3 rings (SSSR count). The Morgan fingerprint density at radius 1 is 0.929 bits per heavy atom. The molecule has 0 bridgehead atoms. The van der Waals surface area contributed by atoms with Gasteiger partial charge in [0.25, 0.3) is 0 Å². The minimum Gasteiger partial charge on any atom is -0.497 e. The third kappa shape index (κ3) is 5.84. The smallest absolute Gasteiger partial charge is 0.224 e. The van der Waals surface area contributed by atoms with Gasteiger partial charge in [0.15, 0.2) is 0 Å². The van der Waals surface area contributed by atoms with E-state index in [-0.39, 0.29) is 5.82 Å². The summed E-state index contributed by atoms with van der Waals surface area (Å²) >= 11 is 0. The van der Waals surface area contributed by atoms with Crippen molar-refractivity contribution in [2.24, 2.45) is 0 Å². The first-order valence-corrected chi connectivity index (χ1v) is 9.05. The first kappa shape index (κ1) is 19.4. The van der Waals surface area contributed by atoms with Crippen LogP contribution in [0, 0.1) is 5.82 Å². The van der Waals surface area contributed by atoms with Gasteiger partial charge in [-0.1, -0.05) is 18.2 Å². The van der Waals surface area contributed by atoms with Crippen molar-refractivity contribution in [2.75, 3.05) is 37.4 Å². The van der Waals surface area contributed by atoms with Crippen LogP contribution in [0.1, 0.15) is 5.56 Å². The van der Waals surface area contributed by atoms with Gasteiger partial charge in [0.2, 0.25) is 5.95 Å². The van der Waals surface area contributed by atoms with Crippen molar-refractivity contribution >= 4 is 11.8 Å². The first-order valence-electron chi connectivity index (χ1n) is 9.05. The third-order valence-corrected chi connectivity index (χ3v) is 4.03. The van der Waals surface area contributed by atoms with E-state index in [4.69, 9.17) is 9.47 Å². The minimum absolute atomic E-state index is 0.189. The fraction of sp³-hybridized carbons (Fsp3) is 0.238. The molecule has 0 saturated heterocycles. The molecular formula is C21H23FN4O2. The van der Waals surface area contributed by atoms with Gasteiger partial charge in [-0.2, -0.15) is 4.98 Å². The van der Waals surface area contributed by atoms with Crippen molar-refractivity contribution in [3.05, 3.63) is 72.2 Å². The van der Waals surface area contributed by atoms with Crippen molar-refractivity contribution in [3.8, 4) is 11.5 Å². The van der Waals surface area contributed by atoms with Crippen LogP contribution in [0.5, 0.6) is 11.5 Å². The standard InChI is InChI=1S/C21H23FN4O2/c1-27-17-6-8-18(9-7-17)28-15-14-25-21-24-13-11-20(26-21)23-12-10-16-4-2-3-5-19(16)22/h2-9,11,13H,10,12,14-15H2,1H3,(H2,23,24,25,26). The van der Waals surface area contributed by atoms with Gasteiger partial charge < -0.3 is 20.1 Å². The van der Waals surface area contributed by atoms with Crippen LogP contribution >= 0.6 is 0 Å². The van der Waals surface area contributed by atoms with Gasteiger partial charge in [0.1, 0.15) is 29.7 Å². The Morgan fingerprint density at radius 2 is 1.71 bits per heavy atom. The Morgan fingerprint density at radius 3 is 2.50 bits per heavy atom. The molecule has 1 aromatic heterocycles. The summed E-state index contributed by atoms with van der Waals surface area (Å²) in [5, 5.41) is 6.31. The van der Waals surface area contributed by atoms with E-state index in [2.05, 4.69) is 20.6 Å². The number of nitrogens with one attached hydrogen (secondary N) is 2. The van der Waals surface area contributed by atoms with E-state index >= 15 is 0 Å². The second kappa shape index (κ2) is 10.1. The van der Waals surface area contributed by atoms with Crippen LogP contribution in [-0.2, 0) is 6.42 Å². The van der Waals surface area contributed by atoms with Crippen molar-refractivity contribution in [2.45, 2.75) is 6.42 Å². The van der Waals surface area contributed by atoms with Crippen molar-refractivity contribution in [1.29, 1.82) is 0 Å². The zero-order valence-electron chi connectivity index (χ0n) is 15.7. The molecule has 7 heteroatoms. The zero-order valence-corrected chi connectivity index (χ0v) is 15.7. The van der Waals surface area contributed by atoms with E-state index in [9.17, 15) is 4.39 Å². The normalized spacial score (nSPS) is 10.4. The Labute approximate surface area is 163 Å². The highest BCUT2D eigenvalue weighted by Gasteiger charge is 2.02. The summed E-state index contributed by atoms with van der Waals surface area (Å²) in [6.45, 7) is 1.61. The number of halogens is 1. The van der Waals surface area contributed by atoms with Gasteiger partial charge >= 0.3 is 0 Å². The third-order valence-electron chi connectivity index (χ3n) is 4.03. The number of ether oxygens (including phenoxy) is 2. The van der Waals surface area contributed by atoms with Crippen LogP contribution in [0.15, 0.2) is 60.8 Å². The van der Waals surface area contributed by atoms with Crippen LogP contribution in [0.2, 0.25) is 0 Å². The number of methoxy groups -OCH3 is 1. The van der Waals surface area contributed by atoms with Gasteiger partial charge in [0, 0.05) is 12.7 Å². The van der Waals surface area contributed by atoms with E-state index in [1.54, 1.807) is 31.5 Å². The topological polar surface area (TPSA) is 68.3 Å². The lowest BCUT2D eigenvalue weighted by Crippen LogP contribution is -2.14. The molecule has 1 heterocycles. The fourth-order valence-corrected chi connectivity index (χ4v) is 2.57. The highest BCUT2D eigenvalue weighted by atomic mass is 19.1. The molecule has 28 heavy (non-hydrogen) atoms. The number of aromatic nitrogens is 2. The summed E-state index contributed by atoms with van der Waals surface area (Å²) < 4.78 is 24.4. The van der Waals surface area contributed by atoms with E-state index in [0.717, 1.165) is 11.5 Å². The number of anilines is 2. The van der Waals surface area contributed by atoms with Gasteiger partial charge in [-0.25, -0.2) is 9.37 Å².